The van der Waals surface area contributed by atoms with Crippen LogP contribution in [0.2, 0.25) is 0 Å². The second kappa shape index (κ2) is 6.17. The molecule has 0 amide bonds. The van der Waals surface area contributed by atoms with Gasteiger partial charge in [0.25, 0.3) is 0 Å². The van der Waals surface area contributed by atoms with Gasteiger partial charge in [-0.1, -0.05) is 28.1 Å². The van der Waals surface area contributed by atoms with E-state index in [1.807, 2.05) is 38.1 Å². The quantitative estimate of drug-likeness (QED) is 0.850. The van der Waals surface area contributed by atoms with Gasteiger partial charge in [-0.3, -0.25) is 4.79 Å². The van der Waals surface area contributed by atoms with Crippen LogP contribution in [0.4, 0.5) is 0 Å². The van der Waals surface area contributed by atoms with Crippen LogP contribution in [0.5, 0.6) is 0 Å². The number of ether oxygens (including phenoxy) is 1. The summed E-state index contributed by atoms with van der Waals surface area (Å²) < 4.78 is 6.17. The zero-order chi connectivity index (χ0) is 12.9. The minimum atomic E-state index is -0.323. The molecule has 94 valence electrons. The highest BCUT2D eigenvalue weighted by atomic mass is 79.9. The summed E-state index contributed by atoms with van der Waals surface area (Å²) in [6.45, 7) is 4.11. The molecule has 1 aromatic carbocycles. The molecule has 0 saturated heterocycles. The van der Waals surface area contributed by atoms with E-state index in [1.54, 1.807) is 0 Å². The van der Waals surface area contributed by atoms with Gasteiger partial charge < -0.3 is 10.5 Å². The van der Waals surface area contributed by atoms with Gasteiger partial charge in [0.15, 0.2) is 0 Å². The Balaban J connectivity index is 2.31. The molecule has 0 aliphatic rings. The fourth-order valence-electron chi connectivity index (χ4n) is 1.24. The molecular weight excluding hydrogens is 282 g/mol. The third-order valence-electron chi connectivity index (χ3n) is 2.29. The Morgan fingerprint density at radius 1 is 1.35 bits per heavy atom. The summed E-state index contributed by atoms with van der Waals surface area (Å²) in [4.78, 5) is 11.4. The largest absolute Gasteiger partial charge is 0.461 e. The Bertz CT molecular complexity index is 368. The molecule has 1 rings (SSSR count). The summed E-state index contributed by atoms with van der Waals surface area (Å²) in [5.41, 5.74) is 6.45. The van der Waals surface area contributed by atoms with Crippen molar-refractivity contribution in [1.82, 2.24) is 0 Å². The molecule has 0 aromatic heterocycles. The van der Waals surface area contributed by atoms with Crippen molar-refractivity contribution < 1.29 is 9.53 Å². The lowest BCUT2D eigenvalue weighted by molar-refractivity contribution is -0.145. The number of hydrogen-bond donors (Lipinski definition) is 1. The first-order valence-electron chi connectivity index (χ1n) is 5.56. The first-order chi connectivity index (χ1) is 7.87. The molecule has 0 atom stereocenters. The third kappa shape index (κ3) is 6.44. The molecule has 3 nitrogen and oxygen atoms in total. The van der Waals surface area contributed by atoms with Crippen molar-refractivity contribution in [3.63, 3.8) is 0 Å². The molecule has 0 aliphatic heterocycles. The number of benzene rings is 1. The van der Waals surface area contributed by atoms with Crippen molar-refractivity contribution in [1.29, 1.82) is 0 Å². The van der Waals surface area contributed by atoms with Crippen LogP contribution in [0.3, 0.4) is 0 Å². The van der Waals surface area contributed by atoms with Crippen LogP contribution >= 0.6 is 15.9 Å². The normalized spacial score (nSPS) is 11.3. The van der Waals surface area contributed by atoms with Gasteiger partial charge in [0.1, 0.15) is 6.61 Å². The Morgan fingerprint density at radius 2 is 1.94 bits per heavy atom. The van der Waals surface area contributed by atoms with Crippen molar-refractivity contribution in [2.45, 2.75) is 38.8 Å². The van der Waals surface area contributed by atoms with Gasteiger partial charge in [-0.25, -0.2) is 0 Å². The number of carbonyl (C=O) groups is 1. The van der Waals surface area contributed by atoms with Crippen LogP contribution in [-0.2, 0) is 16.1 Å². The van der Waals surface area contributed by atoms with Gasteiger partial charge >= 0.3 is 5.97 Å². The van der Waals surface area contributed by atoms with E-state index in [1.165, 1.54) is 0 Å². The molecule has 0 unspecified atom stereocenters. The van der Waals surface area contributed by atoms with Crippen LogP contribution in [0.25, 0.3) is 0 Å². The van der Waals surface area contributed by atoms with Crippen LogP contribution in [0.15, 0.2) is 28.7 Å². The standard InChI is InChI=1S/C13H18BrNO2/c1-13(2,15)8-7-12(16)17-9-10-3-5-11(14)6-4-10/h3-6H,7-9,15H2,1-2H3. The van der Waals surface area contributed by atoms with Crippen molar-refractivity contribution in [3.05, 3.63) is 34.3 Å². The zero-order valence-electron chi connectivity index (χ0n) is 10.2. The van der Waals surface area contributed by atoms with E-state index in [0.29, 0.717) is 19.4 Å². The predicted octanol–water partition coefficient (Wildman–Crippen LogP) is 3.01. The smallest absolute Gasteiger partial charge is 0.306 e. The van der Waals surface area contributed by atoms with E-state index in [9.17, 15) is 4.79 Å². The van der Waals surface area contributed by atoms with E-state index in [2.05, 4.69) is 15.9 Å². The van der Waals surface area contributed by atoms with Crippen molar-refractivity contribution >= 4 is 21.9 Å². The number of carbonyl (C=O) groups excluding carboxylic acids is 1. The Morgan fingerprint density at radius 3 is 2.47 bits per heavy atom. The first kappa shape index (κ1) is 14.2. The topological polar surface area (TPSA) is 52.3 Å². The van der Waals surface area contributed by atoms with Crippen molar-refractivity contribution in [2.75, 3.05) is 0 Å². The second-order valence-electron chi connectivity index (χ2n) is 4.78. The minimum Gasteiger partial charge on any atom is -0.461 e. The molecule has 0 bridgehead atoms. The SMILES string of the molecule is CC(C)(N)CCC(=O)OCc1ccc(Br)cc1. The van der Waals surface area contributed by atoms with Gasteiger partial charge in [-0.2, -0.15) is 0 Å². The number of rotatable bonds is 5. The third-order valence-corrected chi connectivity index (χ3v) is 2.82. The lowest BCUT2D eigenvalue weighted by Gasteiger charge is -2.17. The van der Waals surface area contributed by atoms with Gasteiger partial charge in [0.05, 0.1) is 0 Å². The zero-order valence-corrected chi connectivity index (χ0v) is 11.8. The summed E-state index contributed by atoms with van der Waals surface area (Å²) in [6, 6.07) is 7.69. The van der Waals surface area contributed by atoms with E-state index < -0.39 is 0 Å². The summed E-state index contributed by atoms with van der Waals surface area (Å²) in [5.74, 6) is -0.202. The first-order valence-corrected chi connectivity index (χ1v) is 6.35. The minimum absolute atomic E-state index is 0.202. The van der Waals surface area contributed by atoms with Crippen LogP contribution in [-0.4, -0.2) is 11.5 Å². The van der Waals surface area contributed by atoms with E-state index >= 15 is 0 Å². The summed E-state index contributed by atoms with van der Waals surface area (Å²) in [6.07, 6.45) is 0.992. The fourth-order valence-corrected chi connectivity index (χ4v) is 1.51. The lowest BCUT2D eigenvalue weighted by atomic mass is 10.0. The molecule has 0 radical (unpaired) electrons. The number of hydrogen-bond acceptors (Lipinski definition) is 3. The maximum absolute atomic E-state index is 11.4. The Hall–Kier alpha value is -0.870. The maximum atomic E-state index is 11.4. The number of nitrogens with two attached hydrogens (primary N) is 1. The summed E-state index contributed by atoms with van der Waals surface area (Å²) in [7, 11) is 0. The second-order valence-corrected chi connectivity index (χ2v) is 5.69. The Kier molecular flexibility index (Phi) is 5.15. The highest BCUT2D eigenvalue weighted by Crippen LogP contribution is 2.12. The molecule has 0 heterocycles. The van der Waals surface area contributed by atoms with Crippen LogP contribution in [0, 0.1) is 0 Å². The molecule has 4 heteroatoms. The number of halogens is 1. The average molecular weight is 300 g/mol. The summed E-state index contributed by atoms with van der Waals surface area (Å²) in [5, 5.41) is 0. The molecule has 1 aromatic rings. The lowest BCUT2D eigenvalue weighted by Crippen LogP contribution is -2.32. The van der Waals surface area contributed by atoms with Gasteiger partial charge in [0, 0.05) is 16.4 Å². The molecule has 2 N–H and O–H groups in total. The van der Waals surface area contributed by atoms with Gasteiger partial charge in [-0.15, -0.1) is 0 Å². The monoisotopic (exact) mass is 299 g/mol. The highest BCUT2D eigenvalue weighted by Gasteiger charge is 2.13. The predicted molar refractivity (Wildman–Crippen MR) is 71.4 cm³/mol. The average Bonchev–Trinajstić information content (AvgIpc) is 2.25. The van der Waals surface area contributed by atoms with Crippen molar-refractivity contribution in [3.8, 4) is 0 Å². The molecular formula is C13H18BrNO2. The maximum Gasteiger partial charge on any atom is 0.306 e. The molecule has 0 fully saturated rings. The van der Waals surface area contributed by atoms with E-state index in [-0.39, 0.29) is 11.5 Å². The van der Waals surface area contributed by atoms with Gasteiger partial charge in [0.2, 0.25) is 0 Å². The van der Waals surface area contributed by atoms with E-state index in [4.69, 9.17) is 10.5 Å². The van der Waals surface area contributed by atoms with Crippen LogP contribution in [0.1, 0.15) is 32.3 Å². The highest BCUT2D eigenvalue weighted by molar-refractivity contribution is 9.10. The fraction of sp³-hybridized carbons (Fsp3) is 0.462. The van der Waals surface area contributed by atoms with Crippen molar-refractivity contribution in [2.24, 2.45) is 5.73 Å². The number of esters is 1. The molecule has 0 aliphatic carbocycles. The molecule has 0 saturated carbocycles. The van der Waals surface area contributed by atoms with Crippen LogP contribution < -0.4 is 5.73 Å². The van der Waals surface area contributed by atoms with E-state index in [0.717, 1.165) is 10.0 Å². The summed E-state index contributed by atoms with van der Waals surface area (Å²) >= 11 is 3.35. The molecule has 0 spiro atoms. The van der Waals surface area contributed by atoms with Gasteiger partial charge in [-0.05, 0) is 38.0 Å². The Labute approximate surface area is 110 Å². The molecule has 17 heavy (non-hydrogen) atoms.